The van der Waals surface area contributed by atoms with E-state index in [-0.39, 0.29) is 6.04 Å². The molecule has 0 bridgehead atoms. The minimum atomic E-state index is -0.0859. The standard InChI is InChI=1S/C17H22N2O2/c1-12-7-4-5-8-13(12)11-14(19-18)17-15(20-2)9-6-10-16(17)21-3/h4-10,14,19H,11,18H2,1-3H3. The van der Waals surface area contributed by atoms with Crippen molar-refractivity contribution in [1.29, 1.82) is 0 Å². The van der Waals surface area contributed by atoms with E-state index in [0.717, 1.165) is 23.5 Å². The number of ether oxygens (including phenoxy) is 2. The summed E-state index contributed by atoms with van der Waals surface area (Å²) in [5.41, 5.74) is 6.31. The second-order valence-electron chi connectivity index (χ2n) is 4.93. The first-order valence-electron chi connectivity index (χ1n) is 6.92. The normalized spacial score (nSPS) is 12.0. The Hall–Kier alpha value is -2.04. The predicted octanol–water partition coefficient (Wildman–Crippen LogP) is 2.76. The van der Waals surface area contributed by atoms with Crippen LogP contribution in [0.5, 0.6) is 11.5 Å². The molecule has 0 aliphatic rings. The van der Waals surface area contributed by atoms with E-state index in [4.69, 9.17) is 15.3 Å². The number of nitrogens with one attached hydrogen (secondary N) is 1. The van der Waals surface area contributed by atoms with Gasteiger partial charge in [0.1, 0.15) is 11.5 Å². The van der Waals surface area contributed by atoms with Crippen molar-refractivity contribution in [2.24, 2.45) is 5.84 Å². The maximum Gasteiger partial charge on any atom is 0.127 e. The Morgan fingerprint density at radius 2 is 1.62 bits per heavy atom. The van der Waals surface area contributed by atoms with Gasteiger partial charge in [-0.2, -0.15) is 0 Å². The average Bonchev–Trinajstić information content (AvgIpc) is 2.53. The zero-order valence-corrected chi connectivity index (χ0v) is 12.7. The molecule has 112 valence electrons. The molecule has 1 unspecified atom stereocenters. The number of nitrogens with two attached hydrogens (primary N) is 1. The highest BCUT2D eigenvalue weighted by atomic mass is 16.5. The monoisotopic (exact) mass is 286 g/mol. The van der Waals surface area contributed by atoms with Gasteiger partial charge in [-0.15, -0.1) is 0 Å². The van der Waals surface area contributed by atoms with Crippen molar-refractivity contribution in [1.82, 2.24) is 5.43 Å². The SMILES string of the molecule is COc1cccc(OC)c1C(Cc1ccccc1C)NN. The molecule has 0 aromatic heterocycles. The number of methoxy groups -OCH3 is 2. The van der Waals surface area contributed by atoms with Crippen molar-refractivity contribution in [2.45, 2.75) is 19.4 Å². The van der Waals surface area contributed by atoms with Crippen LogP contribution in [0.25, 0.3) is 0 Å². The van der Waals surface area contributed by atoms with E-state index < -0.39 is 0 Å². The Morgan fingerprint density at radius 3 is 2.14 bits per heavy atom. The summed E-state index contributed by atoms with van der Waals surface area (Å²) in [7, 11) is 3.30. The Balaban J connectivity index is 2.40. The lowest BCUT2D eigenvalue weighted by Crippen LogP contribution is -2.30. The van der Waals surface area contributed by atoms with Gasteiger partial charge in [0.15, 0.2) is 0 Å². The Kier molecular flexibility index (Phi) is 5.20. The van der Waals surface area contributed by atoms with Gasteiger partial charge in [0.25, 0.3) is 0 Å². The van der Waals surface area contributed by atoms with Crippen LogP contribution >= 0.6 is 0 Å². The quantitative estimate of drug-likeness (QED) is 0.633. The third-order valence-electron chi connectivity index (χ3n) is 3.70. The number of hydrogen-bond donors (Lipinski definition) is 2. The minimum absolute atomic E-state index is 0.0859. The maximum atomic E-state index is 5.79. The highest BCUT2D eigenvalue weighted by Gasteiger charge is 2.20. The van der Waals surface area contributed by atoms with Gasteiger partial charge in [-0.3, -0.25) is 11.3 Å². The molecule has 3 N–H and O–H groups in total. The van der Waals surface area contributed by atoms with Crippen molar-refractivity contribution in [2.75, 3.05) is 14.2 Å². The van der Waals surface area contributed by atoms with Crippen molar-refractivity contribution in [3.63, 3.8) is 0 Å². The molecule has 4 heteroatoms. The largest absolute Gasteiger partial charge is 0.496 e. The number of aryl methyl sites for hydroxylation is 1. The van der Waals surface area contributed by atoms with E-state index in [1.807, 2.05) is 30.3 Å². The molecule has 2 aromatic rings. The van der Waals surface area contributed by atoms with Gasteiger partial charge in [-0.25, -0.2) is 0 Å². The lowest BCUT2D eigenvalue weighted by atomic mass is 9.95. The lowest BCUT2D eigenvalue weighted by molar-refractivity contribution is 0.370. The summed E-state index contributed by atoms with van der Waals surface area (Å²) in [5.74, 6) is 7.33. The summed E-state index contributed by atoms with van der Waals surface area (Å²) in [6, 6.07) is 13.9. The summed E-state index contributed by atoms with van der Waals surface area (Å²) >= 11 is 0. The average molecular weight is 286 g/mol. The molecule has 0 amide bonds. The van der Waals surface area contributed by atoms with E-state index in [0.29, 0.717) is 0 Å². The second-order valence-corrected chi connectivity index (χ2v) is 4.93. The smallest absolute Gasteiger partial charge is 0.127 e. The summed E-state index contributed by atoms with van der Waals surface area (Å²) in [6.07, 6.45) is 0.764. The number of rotatable bonds is 6. The van der Waals surface area contributed by atoms with Crippen LogP contribution in [0.15, 0.2) is 42.5 Å². The first kappa shape index (κ1) is 15.4. The lowest BCUT2D eigenvalue weighted by Gasteiger charge is -2.22. The molecule has 0 fully saturated rings. The first-order chi connectivity index (χ1) is 10.2. The zero-order chi connectivity index (χ0) is 15.2. The summed E-state index contributed by atoms with van der Waals surface area (Å²) in [6.45, 7) is 2.10. The summed E-state index contributed by atoms with van der Waals surface area (Å²) in [4.78, 5) is 0. The fourth-order valence-electron chi connectivity index (χ4n) is 2.53. The van der Waals surface area contributed by atoms with Crippen LogP contribution in [0, 0.1) is 6.92 Å². The van der Waals surface area contributed by atoms with Crippen molar-refractivity contribution >= 4 is 0 Å². The molecule has 0 radical (unpaired) electrons. The van der Waals surface area contributed by atoms with Crippen LogP contribution in [0.4, 0.5) is 0 Å². The third kappa shape index (κ3) is 3.35. The van der Waals surface area contributed by atoms with Crippen LogP contribution in [-0.2, 0) is 6.42 Å². The van der Waals surface area contributed by atoms with Gasteiger partial charge in [-0.05, 0) is 36.6 Å². The fourth-order valence-corrected chi connectivity index (χ4v) is 2.53. The molecule has 0 aliphatic heterocycles. The first-order valence-corrected chi connectivity index (χ1v) is 6.92. The van der Waals surface area contributed by atoms with Gasteiger partial charge in [0.05, 0.1) is 25.8 Å². The van der Waals surface area contributed by atoms with E-state index in [1.54, 1.807) is 14.2 Å². The molecule has 21 heavy (non-hydrogen) atoms. The highest BCUT2D eigenvalue weighted by molar-refractivity contribution is 5.47. The van der Waals surface area contributed by atoms with Crippen LogP contribution in [0.3, 0.4) is 0 Å². The molecule has 0 saturated carbocycles. The molecule has 4 nitrogen and oxygen atoms in total. The van der Waals surface area contributed by atoms with Crippen molar-refractivity contribution in [3.8, 4) is 11.5 Å². The Morgan fingerprint density at radius 1 is 1.00 bits per heavy atom. The molecular formula is C17H22N2O2. The van der Waals surface area contributed by atoms with E-state index in [1.165, 1.54) is 11.1 Å². The molecular weight excluding hydrogens is 264 g/mol. The van der Waals surface area contributed by atoms with Gasteiger partial charge in [0, 0.05) is 0 Å². The van der Waals surface area contributed by atoms with Crippen LogP contribution in [0.2, 0.25) is 0 Å². The third-order valence-corrected chi connectivity index (χ3v) is 3.70. The maximum absolute atomic E-state index is 5.79. The van der Waals surface area contributed by atoms with E-state index >= 15 is 0 Å². The number of hydrazine groups is 1. The molecule has 1 atom stereocenters. The zero-order valence-electron chi connectivity index (χ0n) is 12.7. The van der Waals surface area contributed by atoms with Gasteiger partial charge >= 0.3 is 0 Å². The molecule has 0 spiro atoms. The molecule has 0 aliphatic carbocycles. The van der Waals surface area contributed by atoms with Gasteiger partial charge in [0.2, 0.25) is 0 Å². The van der Waals surface area contributed by atoms with Crippen LogP contribution in [0.1, 0.15) is 22.7 Å². The minimum Gasteiger partial charge on any atom is -0.496 e. The van der Waals surface area contributed by atoms with Gasteiger partial charge < -0.3 is 9.47 Å². The number of benzene rings is 2. The summed E-state index contributed by atoms with van der Waals surface area (Å²) < 4.78 is 10.9. The summed E-state index contributed by atoms with van der Waals surface area (Å²) in [5, 5.41) is 0. The highest BCUT2D eigenvalue weighted by Crippen LogP contribution is 2.35. The van der Waals surface area contributed by atoms with Crippen LogP contribution in [-0.4, -0.2) is 14.2 Å². The van der Waals surface area contributed by atoms with Crippen LogP contribution < -0.4 is 20.7 Å². The Bertz CT molecular complexity index is 577. The second kappa shape index (κ2) is 7.11. The van der Waals surface area contributed by atoms with Crippen molar-refractivity contribution in [3.05, 3.63) is 59.2 Å². The van der Waals surface area contributed by atoms with Crippen molar-refractivity contribution < 1.29 is 9.47 Å². The van der Waals surface area contributed by atoms with E-state index in [2.05, 4.69) is 24.5 Å². The topological polar surface area (TPSA) is 56.5 Å². The molecule has 0 heterocycles. The van der Waals surface area contributed by atoms with E-state index in [9.17, 15) is 0 Å². The predicted molar refractivity (Wildman–Crippen MR) is 84.5 cm³/mol. The fraction of sp³-hybridized carbons (Fsp3) is 0.294. The number of hydrogen-bond acceptors (Lipinski definition) is 4. The Labute approximate surface area is 125 Å². The molecule has 2 aromatic carbocycles. The van der Waals surface area contributed by atoms with Gasteiger partial charge in [-0.1, -0.05) is 30.3 Å². The molecule has 0 saturated heterocycles. The molecule has 2 rings (SSSR count).